The van der Waals surface area contributed by atoms with Gasteiger partial charge in [-0.1, -0.05) is 0 Å². The van der Waals surface area contributed by atoms with Crippen molar-refractivity contribution in [1.82, 2.24) is 25.0 Å². The van der Waals surface area contributed by atoms with Crippen LogP contribution in [-0.4, -0.2) is 63.8 Å². The second kappa shape index (κ2) is 7.74. The highest BCUT2D eigenvalue weighted by Crippen LogP contribution is 2.21. The van der Waals surface area contributed by atoms with Gasteiger partial charge in [0.1, 0.15) is 18.3 Å². The molecule has 24 heavy (non-hydrogen) atoms. The topological polar surface area (TPSA) is 89.4 Å². The Morgan fingerprint density at radius 2 is 2.12 bits per heavy atom. The lowest BCUT2D eigenvalue weighted by Gasteiger charge is -2.32. The first-order valence-electron chi connectivity index (χ1n) is 8.66. The van der Waals surface area contributed by atoms with Gasteiger partial charge in [0.15, 0.2) is 0 Å². The summed E-state index contributed by atoms with van der Waals surface area (Å²) in [6.07, 6.45) is 5.13. The zero-order chi connectivity index (χ0) is 16.9. The van der Waals surface area contributed by atoms with E-state index in [4.69, 9.17) is 4.74 Å². The Balaban J connectivity index is 1.38. The normalized spacial score (nSPS) is 21.9. The fourth-order valence-corrected chi connectivity index (χ4v) is 3.33. The molecule has 0 aromatic carbocycles. The van der Waals surface area contributed by atoms with Crippen LogP contribution in [0.2, 0.25) is 0 Å². The van der Waals surface area contributed by atoms with Crippen LogP contribution in [0.15, 0.2) is 6.33 Å². The van der Waals surface area contributed by atoms with E-state index >= 15 is 0 Å². The number of amides is 2. The lowest BCUT2D eigenvalue weighted by atomic mass is 9.95. The maximum atomic E-state index is 12.3. The summed E-state index contributed by atoms with van der Waals surface area (Å²) in [6.45, 7) is 2.52. The van der Waals surface area contributed by atoms with E-state index in [1.807, 2.05) is 11.9 Å². The number of hydrogen-bond donors (Lipinski definition) is 1. The number of likely N-dealkylation sites (tertiary alicyclic amines) is 1. The largest absolute Gasteiger partial charge is 0.368 e. The number of carbonyl (C=O) groups excluding carboxylic acids is 2. The van der Waals surface area contributed by atoms with Crippen LogP contribution in [0, 0.1) is 5.92 Å². The number of nitrogens with zero attached hydrogens (tertiary/aromatic N) is 4. The number of nitrogens with one attached hydrogen (secondary N) is 1. The molecule has 1 aromatic heterocycles. The summed E-state index contributed by atoms with van der Waals surface area (Å²) in [6, 6.07) is 0. The maximum absolute atomic E-state index is 12.3. The first-order valence-corrected chi connectivity index (χ1v) is 8.66. The molecule has 0 bridgehead atoms. The van der Waals surface area contributed by atoms with E-state index in [9.17, 15) is 9.59 Å². The molecule has 0 aliphatic carbocycles. The summed E-state index contributed by atoms with van der Waals surface area (Å²) in [5.74, 6) is 1.00. The van der Waals surface area contributed by atoms with Crippen LogP contribution in [-0.2, 0) is 27.8 Å². The average Bonchev–Trinajstić information content (AvgIpc) is 3.26. The van der Waals surface area contributed by atoms with E-state index in [0.717, 1.165) is 18.7 Å². The van der Waals surface area contributed by atoms with Crippen molar-refractivity contribution in [3.8, 4) is 0 Å². The quantitative estimate of drug-likeness (QED) is 0.811. The van der Waals surface area contributed by atoms with Crippen LogP contribution in [0.25, 0.3) is 0 Å². The molecule has 2 aliphatic heterocycles. The van der Waals surface area contributed by atoms with Crippen molar-refractivity contribution in [2.45, 2.75) is 38.2 Å². The van der Waals surface area contributed by atoms with Crippen LogP contribution in [0.5, 0.6) is 0 Å². The van der Waals surface area contributed by atoms with Crippen molar-refractivity contribution in [3.63, 3.8) is 0 Å². The molecule has 1 N–H and O–H groups in total. The Hall–Kier alpha value is -1.96. The number of hydrogen-bond acceptors (Lipinski definition) is 5. The monoisotopic (exact) mass is 335 g/mol. The number of rotatable bonds is 5. The van der Waals surface area contributed by atoms with Gasteiger partial charge in [-0.25, -0.2) is 4.98 Å². The van der Waals surface area contributed by atoms with E-state index in [1.165, 1.54) is 6.33 Å². The van der Waals surface area contributed by atoms with Gasteiger partial charge in [-0.05, 0) is 25.7 Å². The van der Waals surface area contributed by atoms with Gasteiger partial charge in [0.05, 0.1) is 0 Å². The molecular formula is C16H25N5O3. The molecule has 1 aromatic rings. The van der Waals surface area contributed by atoms with Crippen molar-refractivity contribution < 1.29 is 14.3 Å². The average molecular weight is 335 g/mol. The summed E-state index contributed by atoms with van der Waals surface area (Å²) in [5, 5.41) is 6.98. The van der Waals surface area contributed by atoms with Gasteiger partial charge in [-0.3, -0.25) is 14.3 Å². The second-order valence-corrected chi connectivity index (χ2v) is 6.44. The summed E-state index contributed by atoms with van der Waals surface area (Å²) < 4.78 is 7.17. The first-order chi connectivity index (χ1) is 11.6. The molecule has 0 spiro atoms. The number of ether oxygens (including phenoxy) is 1. The number of aryl methyl sites for hydroxylation is 1. The lowest BCUT2D eigenvalue weighted by molar-refractivity contribution is -0.143. The first kappa shape index (κ1) is 16.9. The smallest absolute Gasteiger partial charge is 0.251 e. The minimum absolute atomic E-state index is 0.0157. The highest BCUT2D eigenvalue weighted by Gasteiger charge is 2.32. The Morgan fingerprint density at radius 1 is 1.33 bits per heavy atom. The molecule has 2 aliphatic rings. The van der Waals surface area contributed by atoms with Crippen LogP contribution < -0.4 is 5.32 Å². The van der Waals surface area contributed by atoms with Crippen molar-refractivity contribution in [3.05, 3.63) is 12.2 Å². The fraction of sp³-hybridized carbons (Fsp3) is 0.750. The molecule has 0 radical (unpaired) electrons. The molecule has 1 atom stereocenters. The van der Waals surface area contributed by atoms with E-state index < -0.39 is 0 Å². The molecule has 3 heterocycles. The third kappa shape index (κ3) is 3.92. The van der Waals surface area contributed by atoms with Gasteiger partial charge in [0.2, 0.25) is 5.91 Å². The zero-order valence-electron chi connectivity index (χ0n) is 14.1. The van der Waals surface area contributed by atoms with Crippen molar-refractivity contribution in [2.75, 3.05) is 26.2 Å². The van der Waals surface area contributed by atoms with Crippen molar-refractivity contribution >= 4 is 11.8 Å². The minimum atomic E-state index is -0.262. The highest BCUT2D eigenvalue weighted by atomic mass is 16.5. The van der Waals surface area contributed by atoms with Gasteiger partial charge >= 0.3 is 0 Å². The Labute approximate surface area is 141 Å². The molecule has 8 heteroatoms. The van der Waals surface area contributed by atoms with Crippen LogP contribution >= 0.6 is 0 Å². The van der Waals surface area contributed by atoms with Crippen LogP contribution in [0.4, 0.5) is 0 Å². The lowest BCUT2D eigenvalue weighted by Crippen LogP contribution is -2.46. The number of aromatic nitrogens is 3. The molecule has 0 saturated carbocycles. The zero-order valence-corrected chi connectivity index (χ0v) is 14.1. The fourth-order valence-electron chi connectivity index (χ4n) is 3.33. The van der Waals surface area contributed by atoms with Crippen molar-refractivity contribution in [2.24, 2.45) is 13.0 Å². The predicted octanol–water partition coefficient (Wildman–Crippen LogP) is -0.109. The van der Waals surface area contributed by atoms with E-state index in [2.05, 4.69) is 15.4 Å². The molecule has 2 amide bonds. The van der Waals surface area contributed by atoms with Crippen LogP contribution in [0.1, 0.15) is 31.5 Å². The SMILES string of the molecule is Cn1ncnc1CCNC(=O)C1CCN(C(=O)[C@@H]2CCCO2)CC1. The Morgan fingerprint density at radius 3 is 2.75 bits per heavy atom. The molecule has 8 nitrogen and oxygen atoms in total. The third-order valence-electron chi connectivity index (χ3n) is 4.84. The second-order valence-electron chi connectivity index (χ2n) is 6.44. The van der Waals surface area contributed by atoms with Gasteiger partial charge in [0, 0.05) is 45.6 Å². The van der Waals surface area contributed by atoms with Gasteiger partial charge in [0.25, 0.3) is 5.91 Å². The predicted molar refractivity (Wildman–Crippen MR) is 86.0 cm³/mol. The Kier molecular flexibility index (Phi) is 5.44. The summed E-state index contributed by atoms with van der Waals surface area (Å²) in [4.78, 5) is 30.5. The number of piperidine rings is 1. The Bertz CT molecular complexity index is 574. The summed E-state index contributed by atoms with van der Waals surface area (Å²) >= 11 is 0. The maximum Gasteiger partial charge on any atom is 0.251 e. The highest BCUT2D eigenvalue weighted by molar-refractivity contribution is 5.82. The molecular weight excluding hydrogens is 310 g/mol. The summed E-state index contributed by atoms with van der Waals surface area (Å²) in [7, 11) is 1.84. The van der Waals surface area contributed by atoms with Crippen molar-refractivity contribution in [1.29, 1.82) is 0 Å². The number of carbonyl (C=O) groups is 2. The third-order valence-corrected chi connectivity index (χ3v) is 4.84. The minimum Gasteiger partial charge on any atom is -0.368 e. The van der Waals surface area contributed by atoms with Gasteiger partial charge < -0.3 is 15.0 Å². The standard InChI is InChI=1S/C16H25N5O3/c1-20-14(18-11-19-20)4-7-17-15(22)12-5-8-21(9-6-12)16(23)13-3-2-10-24-13/h11-13H,2-10H2,1H3,(H,17,22)/t13-/m0/s1. The molecule has 132 valence electrons. The van der Waals surface area contributed by atoms with E-state index in [0.29, 0.717) is 45.5 Å². The van der Waals surface area contributed by atoms with E-state index in [1.54, 1.807) is 4.68 Å². The van der Waals surface area contributed by atoms with Crippen LogP contribution in [0.3, 0.4) is 0 Å². The molecule has 3 rings (SSSR count). The molecule has 2 fully saturated rings. The van der Waals surface area contributed by atoms with Gasteiger partial charge in [-0.2, -0.15) is 5.10 Å². The van der Waals surface area contributed by atoms with E-state index in [-0.39, 0.29) is 23.8 Å². The summed E-state index contributed by atoms with van der Waals surface area (Å²) in [5.41, 5.74) is 0. The molecule has 2 saturated heterocycles. The molecule has 0 unspecified atom stereocenters. The van der Waals surface area contributed by atoms with Gasteiger partial charge in [-0.15, -0.1) is 0 Å².